The first kappa shape index (κ1) is 9.26. The molecule has 0 aromatic heterocycles. The van der Waals surface area contributed by atoms with Gasteiger partial charge in [-0.05, 0) is 13.8 Å². The van der Waals surface area contributed by atoms with Crippen molar-refractivity contribution in [3.8, 4) is 0 Å². The van der Waals surface area contributed by atoms with Gasteiger partial charge in [0.1, 0.15) is 12.2 Å². The molecule has 0 unspecified atom stereocenters. The van der Waals surface area contributed by atoms with Gasteiger partial charge in [-0.2, -0.15) is 0 Å². The summed E-state index contributed by atoms with van der Waals surface area (Å²) in [5.41, 5.74) is 0. The first-order chi connectivity index (χ1) is 6.98. The van der Waals surface area contributed by atoms with Gasteiger partial charge in [-0.15, -0.1) is 0 Å². The monoisotopic (exact) mass is 214 g/mol. The quantitative estimate of drug-likeness (QED) is 0.394. The molecule has 0 aromatic rings. The van der Waals surface area contributed by atoms with E-state index >= 15 is 0 Å². The Morgan fingerprint density at radius 3 is 1.93 bits per heavy atom. The Bertz CT molecular complexity index is 319. The second-order valence-corrected chi connectivity index (χ2v) is 4.28. The zero-order chi connectivity index (χ0) is 10.8. The second-order valence-electron chi connectivity index (χ2n) is 4.28. The van der Waals surface area contributed by atoms with Crippen LogP contribution >= 0.6 is 0 Å². The Morgan fingerprint density at radius 2 is 1.47 bits per heavy atom. The van der Waals surface area contributed by atoms with Crippen LogP contribution in [0.25, 0.3) is 0 Å². The van der Waals surface area contributed by atoms with Crippen molar-refractivity contribution in [2.75, 3.05) is 0 Å². The first-order valence-electron chi connectivity index (χ1n) is 4.74. The molecule has 4 atom stereocenters. The van der Waals surface area contributed by atoms with Gasteiger partial charge in [-0.25, -0.2) is 9.59 Å². The zero-order valence-electron chi connectivity index (χ0n) is 8.26. The number of carbonyl (C=O) groups is 2. The lowest BCUT2D eigenvalue weighted by molar-refractivity contribution is -0.216. The van der Waals surface area contributed by atoms with Crippen molar-refractivity contribution in [2.24, 2.45) is 0 Å². The van der Waals surface area contributed by atoms with Crippen LogP contribution in [0.3, 0.4) is 0 Å². The molecule has 0 saturated carbocycles. The van der Waals surface area contributed by atoms with E-state index in [-0.39, 0.29) is 0 Å². The molecule has 0 amide bonds. The number of fused-ring (bicyclic) bond motifs is 5. The molecular weight excluding hydrogens is 204 g/mol. The van der Waals surface area contributed by atoms with Gasteiger partial charge in [0.05, 0.1) is 0 Å². The van der Waals surface area contributed by atoms with Gasteiger partial charge in [0.2, 0.25) is 0 Å². The van der Waals surface area contributed by atoms with E-state index in [4.69, 9.17) is 14.2 Å². The van der Waals surface area contributed by atoms with E-state index in [1.54, 1.807) is 13.8 Å². The highest BCUT2D eigenvalue weighted by Gasteiger charge is 2.63. The molecule has 0 spiro atoms. The predicted molar refractivity (Wildman–Crippen MR) is 43.6 cm³/mol. The molecule has 2 bridgehead atoms. The van der Waals surface area contributed by atoms with Crippen molar-refractivity contribution in [2.45, 2.75) is 44.1 Å². The number of hydrogen-bond acceptors (Lipinski definition) is 6. The largest absolute Gasteiger partial charge is 0.389 e. The minimum absolute atomic E-state index is 0.538. The smallest absolute Gasteiger partial charge is 0.345 e. The highest BCUT2D eigenvalue weighted by atomic mass is 16.8. The molecule has 0 N–H and O–H groups in total. The van der Waals surface area contributed by atoms with Crippen LogP contribution in [0.2, 0.25) is 0 Å². The van der Waals surface area contributed by atoms with Crippen LogP contribution < -0.4 is 0 Å². The summed E-state index contributed by atoms with van der Waals surface area (Å²) in [6.45, 7) is 3.47. The molecule has 0 radical (unpaired) electrons. The van der Waals surface area contributed by atoms with Gasteiger partial charge in [0, 0.05) is 0 Å². The number of ether oxygens (including phenoxy) is 4. The summed E-state index contributed by atoms with van der Waals surface area (Å²) in [6.07, 6.45) is -2.74. The normalized spacial score (nSPS) is 46.5. The Morgan fingerprint density at radius 1 is 1.00 bits per heavy atom. The van der Waals surface area contributed by atoms with E-state index in [0.717, 1.165) is 0 Å². The number of carbonyl (C=O) groups excluding carboxylic acids is 2. The number of rotatable bonds is 0. The van der Waals surface area contributed by atoms with Gasteiger partial charge in [-0.3, -0.25) is 0 Å². The lowest BCUT2D eigenvalue weighted by Crippen LogP contribution is -2.43. The Labute approximate surface area is 85.4 Å². The highest BCUT2D eigenvalue weighted by molar-refractivity contribution is 5.94. The summed E-state index contributed by atoms with van der Waals surface area (Å²) in [6, 6.07) is 0. The molecule has 3 rings (SSSR count). The minimum Gasteiger partial charge on any atom is -0.389 e. The van der Waals surface area contributed by atoms with E-state index in [1.807, 2.05) is 0 Å². The van der Waals surface area contributed by atoms with Crippen molar-refractivity contribution in [3.63, 3.8) is 0 Å². The van der Waals surface area contributed by atoms with Crippen LogP contribution in [-0.4, -0.2) is 42.1 Å². The fraction of sp³-hybridized carbons (Fsp3) is 0.778. The van der Waals surface area contributed by atoms with Crippen molar-refractivity contribution in [1.82, 2.24) is 0 Å². The van der Waals surface area contributed by atoms with E-state index in [0.29, 0.717) is 0 Å². The average Bonchev–Trinajstić information content (AvgIpc) is 2.54. The molecule has 6 heteroatoms. The molecule has 82 valence electrons. The maximum absolute atomic E-state index is 11.3. The van der Waals surface area contributed by atoms with E-state index in [1.165, 1.54) is 0 Å². The third kappa shape index (κ3) is 1.15. The summed E-state index contributed by atoms with van der Waals surface area (Å²) in [4.78, 5) is 22.6. The molecule has 6 nitrogen and oxygen atoms in total. The highest BCUT2D eigenvalue weighted by Crippen LogP contribution is 2.41. The maximum atomic E-state index is 11.3. The number of hydrogen-bond donors (Lipinski definition) is 0. The van der Waals surface area contributed by atoms with Crippen LogP contribution in [0.4, 0.5) is 0 Å². The van der Waals surface area contributed by atoms with Crippen LogP contribution in [0, 0.1) is 0 Å². The minimum atomic E-state index is -0.834. The summed E-state index contributed by atoms with van der Waals surface area (Å²) in [7, 11) is 0. The zero-order valence-corrected chi connectivity index (χ0v) is 8.26. The summed E-state index contributed by atoms with van der Waals surface area (Å²) in [5.74, 6) is -2.16. The Kier molecular flexibility index (Phi) is 1.59. The van der Waals surface area contributed by atoms with Gasteiger partial charge in [0.25, 0.3) is 0 Å². The topological polar surface area (TPSA) is 71.1 Å². The van der Waals surface area contributed by atoms with Gasteiger partial charge in [0.15, 0.2) is 18.0 Å². The van der Waals surface area contributed by atoms with Crippen molar-refractivity contribution in [1.29, 1.82) is 0 Å². The summed E-state index contributed by atoms with van der Waals surface area (Å²) < 4.78 is 20.7. The SMILES string of the molecule is CC1(C)O[C@@H]2[C@H](O1)[C@@H]1O[C@H]2C(=O)OC1=O. The average molecular weight is 214 g/mol. The van der Waals surface area contributed by atoms with Crippen LogP contribution in [0.15, 0.2) is 0 Å². The molecule has 3 saturated heterocycles. The lowest BCUT2D eigenvalue weighted by atomic mass is 10.1. The van der Waals surface area contributed by atoms with Crippen LogP contribution in [0.5, 0.6) is 0 Å². The second kappa shape index (κ2) is 2.58. The van der Waals surface area contributed by atoms with Crippen molar-refractivity contribution >= 4 is 11.9 Å². The third-order valence-corrected chi connectivity index (χ3v) is 2.72. The predicted octanol–water partition coefficient (Wildman–Crippen LogP) is -0.643. The maximum Gasteiger partial charge on any atom is 0.345 e. The fourth-order valence-electron chi connectivity index (χ4n) is 2.19. The molecule has 3 aliphatic rings. The van der Waals surface area contributed by atoms with Gasteiger partial charge < -0.3 is 18.9 Å². The van der Waals surface area contributed by atoms with Crippen LogP contribution in [0.1, 0.15) is 13.8 Å². The molecule has 0 aromatic carbocycles. The third-order valence-electron chi connectivity index (χ3n) is 2.72. The molecule has 0 aliphatic carbocycles. The van der Waals surface area contributed by atoms with Gasteiger partial charge >= 0.3 is 11.9 Å². The standard InChI is InChI=1S/C9H10O6/c1-9(2)14-3-4(15-9)6-8(11)13-7(10)5(3)12-6/h3-6H,1-2H3/t3-,4+,5-,6+. The Hall–Kier alpha value is -0.980. The molecule has 15 heavy (non-hydrogen) atoms. The van der Waals surface area contributed by atoms with Crippen molar-refractivity contribution in [3.05, 3.63) is 0 Å². The van der Waals surface area contributed by atoms with Crippen molar-refractivity contribution < 1.29 is 28.5 Å². The number of esters is 2. The summed E-state index contributed by atoms with van der Waals surface area (Å²) in [5, 5.41) is 0. The lowest BCUT2D eigenvalue weighted by Gasteiger charge is -2.25. The van der Waals surface area contributed by atoms with E-state index in [9.17, 15) is 9.59 Å². The summed E-state index contributed by atoms with van der Waals surface area (Å²) >= 11 is 0. The molecule has 3 heterocycles. The van der Waals surface area contributed by atoms with Gasteiger partial charge in [-0.1, -0.05) is 0 Å². The van der Waals surface area contributed by atoms with E-state index < -0.39 is 42.1 Å². The molecular formula is C9H10O6. The van der Waals surface area contributed by atoms with Crippen LogP contribution in [-0.2, 0) is 28.5 Å². The molecule has 3 aliphatic heterocycles. The Balaban J connectivity index is 1.96. The van der Waals surface area contributed by atoms with E-state index in [2.05, 4.69) is 4.74 Å². The molecule has 3 fully saturated rings. The first-order valence-corrected chi connectivity index (χ1v) is 4.74. The fourth-order valence-corrected chi connectivity index (χ4v) is 2.19. The number of cyclic esters (lactones) is 2.